The van der Waals surface area contributed by atoms with Crippen LogP contribution in [-0.2, 0) is 19.1 Å². The van der Waals surface area contributed by atoms with Gasteiger partial charge >= 0.3 is 5.97 Å². The number of nitrogens with one attached hydrogen (secondary N) is 1. The minimum Gasteiger partial charge on any atom is -0.450 e. The minimum absolute atomic E-state index is 0.388. The van der Waals surface area contributed by atoms with Crippen LogP contribution in [0.4, 0.5) is 5.69 Å². The Morgan fingerprint density at radius 2 is 1.62 bits per heavy atom. The van der Waals surface area contributed by atoms with E-state index in [2.05, 4.69) is 5.32 Å². The number of carbonyl (C=O) groups excluding carboxylic acids is 2. The van der Waals surface area contributed by atoms with Crippen LogP contribution in [0.1, 0.15) is 24.2 Å². The van der Waals surface area contributed by atoms with Gasteiger partial charge in [-0.15, -0.1) is 0 Å². The number of hydrogen-bond acceptors (Lipinski definition) is 4. The summed E-state index contributed by atoms with van der Waals surface area (Å²) in [6.45, 7) is 3.42. The number of methoxy groups -OCH3 is 1. The molecule has 0 unspecified atom stereocenters. The molecule has 2 rings (SSSR count). The second-order valence-electron chi connectivity index (χ2n) is 5.41. The van der Waals surface area contributed by atoms with Gasteiger partial charge in [-0.25, -0.2) is 4.79 Å². The van der Waals surface area contributed by atoms with Crippen molar-refractivity contribution < 1.29 is 19.1 Å². The summed E-state index contributed by atoms with van der Waals surface area (Å²) in [6, 6.07) is 16.4. The smallest absolute Gasteiger partial charge is 0.340 e. The lowest BCUT2D eigenvalue weighted by Gasteiger charge is -2.19. The van der Waals surface area contributed by atoms with Gasteiger partial charge in [0.25, 0.3) is 5.91 Å². The molecule has 2 atom stereocenters. The van der Waals surface area contributed by atoms with Crippen molar-refractivity contribution in [1.82, 2.24) is 0 Å². The van der Waals surface area contributed by atoms with Crippen molar-refractivity contribution in [2.24, 2.45) is 0 Å². The maximum atomic E-state index is 12.3. The molecule has 0 aliphatic heterocycles. The van der Waals surface area contributed by atoms with Crippen LogP contribution in [0, 0.1) is 6.92 Å². The molecule has 24 heavy (non-hydrogen) atoms. The van der Waals surface area contributed by atoms with E-state index in [0.717, 1.165) is 5.56 Å². The standard InChI is InChI=1S/C19H21NO4/c1-13-9-7-8-12-16(13)20-18(21)14(2)24-19(22)17(23-3)15-10-5-4-6-11-15/h4-12,14,17H,1-3H3,(H,20,21)/t14-,17+/m1/s1. The van der Waals surface area contributed by atoms with Crippen molar-refractivity contribution >= 4 is 17.6 Å². The zero-order chi connectivity index (χ0) is 17.5. The highest BCUT2D eigenvalue weighted by Gasteiger charge is 2.26. The van der Waals surface area contributed by atoms with Crippen LogP contribution >= 0.6 is 0 Å². The summed E-state index contributed by atoms with van der Waals surface area (Å²) in [6.07, 6.45) is -1.79. The molecule has 5 heteroatoms. The second-order valence-corrected chi connectivity index (χ2v) is 5.41. The molecule has 0 saturated carbocycles. The molecule has 0 aliphatic carbocycles. The Hall–Kier alpha value is -2.66. The second kappa shape index (κ2) is 8.26. The Morgan fingerprint density at radius 1 is 1.00 bits per heavy atom. The SMILES string of the molecule is CO[C@H](C(=O)O[C@H](C)C(=O)Nc1ccccc1C)c1ccccc1. The lowest BCUT2D eigenvalue weighted by atomic mass is 10.1. The summed E-state index contributed by atoms with van der Waals surface area (Å²) < 4.78 is 10.5. The lowest BCUT2D eigenvalue weighted by molar-refractivity contribution is -0.163. The number of amides is 1. The van der Waals surface area contributed by atoms with Crippen LogP contribution < -0.4 is 5.32 Å². The Morgan fingerprint density at radius 3 is 2.25 bits per heavy atom. The normalized spacial score (nSPS) is 13.0. The van der Waals surface area contributed by atoms with Crippen molar-refractivity contribution in [2.45, 2.75) is 26.1 Å². The third kappa shape index (κ3) is 4.43. The molecule has 0 aromatic heterocycles. The molecule has 0 bridgehead atoms. The molecule has 2 aromatic rings. The number of benzene rings is 2. The van der Waals surface area contributed by atoms with E-state index in [1.54, 1.807) is 18.2 Å². The van der Waals surface area contributed by atoms with Gasteiger partial charge in [0, 0.05) is 12.8 Å². The van der Waals surface area contributed by atoms with Gasteiger partial charge < -0.3 is 14.8 Å². The number of rotatable bonds is 6. The first kappa shape index (κ1) is 17.7. The first-order valence-electron chi connectivity index (χ1n) is 7.67. The zero-order valence-corrected chi connectivity index (χ0v) is 14.0. The van der Waals surface area contributed by atoms with Crippen molar-refractivity contribution in [3.8, 4) is 0 Å². The summed E-state index contributed by atoms with van der Waals surface area (Å²) in [4.78, 5) is 24.5. The number of carbonyl (C=O) groups is 2. The Kier molecular flexibility index (Phi) is 6.09. The maximum Gasteiger partial charge on any atom is 0.340 e. The van der Waals surface area contributed by atoms with Crippen LogP contribution in [-0.4, -0.2) is 25.1 Å². The van der Waals surface area contributed by atoms with E-state index in [1.807, 2.05) is 43.3 Å². The third-order valence-corrected chi connectivity index (χ3v) is 3.62. The van der Waals surface area contributed by atoms with Crippen LogP contribution in [0.25, 0.3) is 0 Å². The van der Waals surface area contributed by atoms with E-state index in [4.69, 9.17) is 9.47 Å². The number of hydrogen-bond donors (Lipinski definition) is 1. The molecule has 0 fully saturated rings. The molecular weight excluding hydrogens is 306 g/mol. The minimum atomic E-state index is -0.932. The summed E-state index contributed by atoms with van der Waals surface area (Å²) in [7, 11) is 1.43. The molecule has 0 saturated heterocycles. The van der Waals surface area contributed by atoms with Crippen LogP contribution in [0.2, 0.25) is 0 Å². The van der Waals surface area contributed by atoms with E-state index in [0.29, 0.717) is 11.3 Å². The average molecular weight is 327 g/mol. The average Bonchev–Trinajstić information content (AvgIpc) is 2.58. The lowest BCUT2D eigenvalue weighted by Crippen LogP contribution is -2.32. The van der Waals surface area contributed by atoms with Crippen molar-refractivity contribution in [2.75, 3.05) is 12.4 Å². The fourth-order valence-corrected chi connectivity index (χ4v) is 2.23. The number of esters is 1. The van der Waals surface area contributed by atoms with Crippen LogP contribution in [0.15, 0.2) is 54.6 Å². The summed E-state index contributed by atoms with van der Waals surface area (Å²) in [5.74, 6) is -0.989. The molecule has 126 valence electrons. The predicted octanol–water partition coefficient (Wildman–Crippen LogP) is 3.25. The molecule has 0 spiro atoms. The van der Waals surface area contributed by atoms with E-state index >= 15 is 0 Å². The van der Waals surface area contributed by atoms with E-state index in [1.165, 1.54) is 14.0 Å². The van der Waals surface area contributed by atoms with Crippen LogP contribution in [0.5, 0.6) is 0 Å². The Labute approximate surface area is 141 Å². The first-order valence-corrected chi connectivity index (χ1v) is 7.67. The van der Waals surface area contributed by atoms with E-state index in [-0.39, 0.29) is 5.91 Å². The molecule has 2 aromatic carbocycles. The van der Waals surface area contributed by atoms with Gasteiger partial charge in [-0.05, 0) is 31.0 Å². The number of para-hydroxylation sites is 1. The number of ether oxygens (including phenoxy) is 2. The maximum absolute atomic E-state index is 12.3. The van der Waals surface area contributed by atoms with Gasteiger partial charge in [0.15, 0.2) is 12.2 Å². The highest BCUT2D eigenvalue weighted by molar-refractivity contribution is 5.95. The first-order chi connectivity index (χ1) is 11.5. The van der Waals surface area contributed by atoms with E-state index in [9.17, 15) is 9.59 Å². The van der Waals surface area contributed by atoms with Crippen LogP contribution in [0.3, 0.4) is 0 Å². The fraction of sp³-hybridized carbons (Fsp3) is 0.263. The molecule has 1 amide bonds. The highest BCUT2D eigenvalue weighted by Crippen LogP contribution is 2.19. The summed E-state index contributed by atoms with van der Waals surface area (Å²) in [5.41, 5.74) is 2.30. The van der Waals surface area contributed by atoms with E-state index < -0.39 is 18.2 Å². The number of anilines is 1. The quantitative estimate of drug-likeness (QED) is 0.827. The van der Waals surface area contributed by atoms with Gasteiger partial charge in [0.05, 0.1) is 0 Å². The molecule has 5 nitrogen and oxygen atoms in total. The summed E-state index contributed by atoms with van der Waals surface area (Å²) >= 11 is 0. The zero-order valence-electron chi connectivity index (χ0n) is 14.0. The van der Waals surface area contributed by atoms with Gasteiger partial charge in [-0.3, -0.25) is 4.79 Å². The Balaban J connectivity index is 2.00. The van der Waals surface area contributed by atoms with Crippen molar-refractivity contribution in [3.63, 3.8) is 0 Å². The molecular formula is C19H21NO4. The van der Waals surface area contributed by atoms with Gasteiger partial charge in [-0.2, -0.15) is 0 Å². The highest BCUT2D eigenvalue weighted by atomic mass is 16.6. The number of aryl methyl sites for hydroxylation is 1. The fourth-order valence-electron chi connectivity index (χ4n) is 2.23. The summed E-state index contributed by atoms with van der Waals surface area (Å²) in [5, 5.41) is 2.76. The molecule has 0 aliphatic rings. The van der Waals surface area contributed by atoms with Crippen molar-refractivity contribution in [3.05, 3.63) is 65.7 Å². The van der Waals surface area contributed by atoms with Gasteiger partial charge in [0.1, 0.15) is 0 Å². The molecule has 0 heterocycles. The van der Waals surface area contributed by atoms with Gasteiger partial charge in [0.2, 0.25) is 0 Å². The van der Waals surface area contributed by atoms with Crippen molar-refractivity contribution in [1.29, 1.82) is 0 Å². The largest absolute Gasteiger partial charge is 0.450 e. The molecule has 1 N–H and O–H groups in total. The molecule has 0 radical (unpaired) electrons. The van der Waals surface area contributed by atoms with Gasteiger partial charge in [-0.1, -0.05) is 48.5 Å². The topological polar surface area (TPSA) is 64.6 Å². The Bertz CT molecular complexity index is 700. The predicted molar refractivity (Wildman–Crippen MR) is 91.6 cm³/mol. The third-order valence-electron chi connectivity index (χ3n) is 3.62. The monoisotopic (exact) mass is 327 g/mol.